The second kappa shape index (κ2) is 18.4. The van der Waals surface area contributed by atoms with Gasteiger partial charge in [0.1, 0.15) is 5.78 Å². The number of hydrogen-bond donors (Lipinski definition) is 2. The summed E-state index contributed by atoms with van der Waals surface area (Å²) in [6.07, 6.45) is 2.47. The molecule has 0 aromatic heterocycles. The summed E-state index contributed by atoms with van der Waals surface area (Å²) in [6.45, 7) is 22.5. The molecule has 7 nitrogen and oxygen atoms in total. The lowest BCUT2D eigenvalue weighted by Gasteiger charge is -2.36. The molecule has 0 aromatic rings. The molecule has 8 heteroatoms. The van der Waals surface area contributed by atoms with Crippen LogP contribution in [-0.4, -0.2) is 113 Å². The van der Waals surface area contributed by atoms with Gasteiger partial charge in [-0.05, 0) is 39.0 Å². The number of Topliss-reactive ketones (excluding diaryl/α,β-unsaturated/α-hetero) is 1. The van der Waals surface area contributed by atoms with Crippen molar-refractivity contribution in [2.45, 2.75) is 54.4 Å². The molecule has 3 heterocycles. The Kier molecular flexibility index (Phi) is 18.3. The van der Waals surface area contributed by atoms with Crippen LogP contribution in [0, 0.1) is 5.92 Å². The van der Waals surface area contributed by atoms with E-state index in [2.05, 4.69) is 19.6 Å². The molecule has 3 saturated heterocycles. The molecule has 0 radical (unpaired) electrons. The molecule has 0 spiro atoms. The Morgan fingerprint density at radius 2 is 1.17 bits per heavy atom. The maximum absolute atomic E-state index is 12.2. The summed E-state index contributed by atoms with van der Waals surface area (Å²) in [5.41, 5.74) is 0. The van der Waals surface area contributed by atoms with Crippen LogP contribution in [0.1, 0.15) is 54.4 Å². The molecule has 3 aliphatic heterocycles. The van der Waals surface area contributed by atoms with Crippen molar-refractivity contribution in [1.29, 1.82) is 0 Å². The predicted octanol–water partition coefficient (Wildman–Crippen LogP) is 2.53. The van der Waals surface area contributed by atoms with Gasteiger partial charge in [-0.3, -0.25) is 14.6 Å². The molecular formula is C22H49N4O3P. The van der Waals surface area contributed by atoms with Crippen LogP contribution in [0.3, 0.4) is 0 Å². The third-order valence-electron chi connectivity index (χ3n) is 5.44. The fourth-order valence-corrected chi connectivity index (χ4v) is 4.30. The summed E-state index contributed by atoms with van der Waals surface area (Å²) in [4.78, 5) is 40.6. The quantitative estimate of drug-likeness (QED) is 0.627. The van der Waals surface area contributed by atoms with E-state index in [1.165, 1.54) is 0 Å². The maximum atomic E-state index is 12.2. The lowest BCUT2D eigenvalue weighted by molar-refractivity contribution is -0.123. The highest BCUT2D eigenvalue weighted by atomic mass is 31.2. The van der Waals surface area contributed by atoms with Gasteiger partial charge in [-0.15, -0.1) is 0 Å². The Labute approximate surface area is 187 Å². The number of nitrogens with zero attached hydrogens (tertiary/aromatic N) is 4. The number of carbonyl (C=O) groups is 1. The van der Waals surface area contributed by atoms with Crippen LogP contribution in [0.15, 0.2) is 0 Å². The summed E-state index contributed by atoms with van der Waals surface area (Å²) in [6, 6.07) is 0. The number of carbonyl (C=O) groups excluding carboxylic acids is 1. The molecule has 0 aromatic carbocycles. The summed E-state index contributed by atoms with van der Waals surface area (Å²) in [7, 11) is -1.91. The van der Waals surface area contributed by atoms with Gasteiger partial charge in [0.25, 0.3) is 0 Å². The molecule has 3 aliphatic rings. The first-order chi connectivity index (χ1) is 14.4. The zero-order chi connectivity index (χ0) is 22.9. The van der Waals surface area contributed by atoms with E-state index in [1.54, 1.807) is 0 Å². The third-order valence-corrected chi connectivity index (χ3v) is 6.10. The van der Waals surface area contributed by atoms with Crippen LogP contribution in [-0.2, 0) is 4.79 Å². The minimum Gasteiger partial charge on any atom is -0.349 e. The predicted molar refractivity (Wildman–Crippen MR) is 129 cm³/mol. The second-order valence-electron chi connectivity index (χ2n) is 7.92. The molecule has 2 bridgehead atoms. The average Bonchev–Trinajstić information content (AvgIpc) is 2.74. The van der Waals surface area contributed by atoms with Crippen molar-refractivity contribution in [3.63, 3.8) is 0 Å². The largest absolute Gasteiger partial charge is 0.349 e. The summed E-state index contributed by atoms with van der Waals surface area (Å²) in [5, 5.41) is 0. The summed E-state index contributed by atoms with van der Waals surface area (Å²) < 4.78 is 0. The van der Waals surface area contributed by atoms with E-state index in [9.17, 15) is 14.6 Å². The lowest BCUT2D eigenvalue weighted by Crippen LogP contribution is -2.48. The third kappa shape index (κ3) is 13.3. The Hall–Kier alpha value is -0.140. The fraction of sp³-hybridized carbons (Fsp3) is 0.955. The second-order valence-corrected chi connectivity index (χ2v) is 8.95. The first-order valence-corrected chi connectivity index (χ1v) is 13.4. The van der Waals surface area contributed by atoms with E-state index in [4.69, 9.17) is 0 Å². The Morgan fingerprint density at radius 1 is 0.733 bits per heavy atom. The van der Waals surface area contributed by atoms with Gasteiger partial charge in [0.05, 0.1) is 12.8 Å². The van der Waals surface area contributed by atoms with E-state index in [1.807, 2.05) is 41.5 Å². The number of hydrogen-bond acceptors (Lipinski definition) is 7. The molecule has 180 valence electrons. The van der Waals surface area contributed by atoms with Gasteiger partial charge in [0.2, 0.25) is 0 Å². The Bertz CT molecular complexity index is 419. The molecule has 3 rings (SSSR count). The minimum atomic E-state index is -1.91. The average molecular weight is 449 g/mol. The number of fused-ring (bicyclic) bond motifs is 11. The molecule has 0 amide bonds. The van der Waals surface area contributed by atoms with Gasteiger partial charge >= 0.3 is 0 Å². The topological polar surface area (TPSA) is 70.5 Å². The van der Waals surface area contributed by atoms with Crippen LogP contribution in [0.4, 0.5) is 0 Å². The minimum absolute atomic E-state index is 0.0648. The van der Waals surface area contributed by atoms with Crippen LogP contribution in [0.5, 0.6) is 0 Å². The van der Waals surface area contributed by atoms with E-state index in [0.717, 1.165) is 78.3 Å². The molecule has 0 saturated carbocycles. The first-order valence-electron chi connectivity index (χ1n) is 12.0. The van der Waals surface area contributed by atoms with E-state index in [0.29, 0.717) is 12.8 Å². The van der Waals surface area contributed by atoms with Crippen LogP contribution >= 0.6 is 8.38 Å². The van der Waals surface area contributed by atoms with Gasteiger partial charge in [-0.25, -0.2) is 0 Å². The smallest absolute Gasteiger partial charge is 0.180 e. The zero-order valence-corrected chi connectivity index (χ0v) is 21.4. The molecule has 2 N–H and O–H groups in total. The van der Waals surface area contributed by atoms with Crippen molar-refractivity contribution in [3.05, 3.63) is 0 Å². The van der Waals surface area contributed by atoms with E-state index in [-0.39, 0.29) is 11.7 Å². The molecule has 30 heavy (non-hydrogen) atoms. The summed E-state index contributed by atoms with van der Waals surface area (Å²) >= 11 is 0. The highest BCUT2D eigenvalue weighted by Gasteiger charge is 2.20. The zero-order valence-electron chi connectivity index (χ0n) is 20.5. The Balaban J connectivity index is 0.00000198. The molecule has 0 atom stereocenters. The van der Waals surface area contributed by atoms with Crippen LogP contribution in [0.2, 0.25) is 0 Å². The molecular weight excluding hydrogens is 399 g/mol. The Morgan fingerprint density at radius 3 is 1.60 bits per heavy atom. The van der Waals surface area contributed by atoms with Crippen molar-refractivity contribution in [2.24, 2.45) is 5.92 Å². The van der Waals surface area contributed by atoms with Crippen molar-refractivity contribution >= 4 is 14.2 Å². The molecule has 0 aliphatic carbocycles. The highest BCUT2D eigenvalue weighted by Crippen LogP contribution is 2.24. The van der Waals surface area contributed by atoms with Gasteiger partial charge < -0.3 is 19.6 Å². The number of rotatable bonds is 5. The van der Waals surface area contributed by atoms with Crippen LogP contribution < -0.4 is 0 Å². The van der Waals surface area contributed by atoms with Crippen LogP contribution in [0.25, 0.3) is 0 Å². The fourth-order valence-electron chi connectivity index (χ4n) is 3.66. The van der Waals surface area contributed by atoms with Gasteiger partial charge in [0.15, 0.2) is 8.38 Å². The summed E-state index contributed by atoms with van der Waals surface area (Å²) in [5.74, 6) is 0.354. The molecule has 0 unspecified atom stereocenters. The number of ketones is 1. The van der Waals surface area contributed by atoms with E-state index < -0.39 is 8.38 Å². The normalized spacial score (nSPS) is 24.5. The monoisotopic (exact) mass is 448 g/mol. The lowest BCUT2D eigenvalue weighted by atomic mass is 10.1. The van der Waals surface area contributed by atoms with Crippen molar-refractivity contribution in [3.8, 4) is 0 Å². The van der Waals surface area contributed by atoms with Gasteiger partial charge in [-0.2, -0.15) is 0 Å². The van der Waals surface area contributed by atoms with Crippen molar-refractivity contribution < 1.29 is 14.6 Å². The van der Waals surface area contributed by atoms with Gasteiger partial charge in [0, 0.05) is 45.2 Å². The highest BCUT2D eigenvalue weighted by molar-refractivity contribution is 7.44. The SMILES string of the molecule is CC.CC.CC(C)C(=O)CN1CCCN2CCN(CCCN(CP(O)O)CC1)CC2. The van der Waals surface area contributed by atoms with Crippen molar-refractivity contribution in [1.82, 2.24) is 19.6 Å². The van der Waals surface area contributed by atoms with Crippen molar-refractivity contribution in [2.75, 3.05) is 78.3 Å². The van der Waals surface area contributed by atoms with E-state index >= 15 is 0 Å². The number of piperazine rings is 1. The molecule has 3 fully saturated rings. The van der Waals surface area contributed by atoms with Gasteiger partial charge in [-0.1, -0.05) is 41.5 Å². The standard InChI is InChI=1S/C18H37N4O3P.2C2H6/c1-17(2)18(23)15-21-7-3-5-19-9-11-20(12-10-19)6-4-8-22(14-13-21)16-26(24)25;2*1-2/h17,24-25H,3-16H2,1-2H3;2*1-2H3. The first kappa shape index (κ1) is 29.9. The maximum Gasteiger partial charge on any atom is 0.180 e.